The second-order valence-electron chi connectivity index (χ2n) is 29.8. The van der Waals surface area contributed by atoms with Crippen molar-refractivity contribution in [2.75, 3.05) is 38.3 Å². The van der Waals surface area contributed by atoms with E-state index in [1.54, 1.807) is 98.9 Å². The van der Waals surface area contributed by atoms with E-state index in [1.807, 2.05) is 326 Å². The van der Waals surface area contributed by atoms with Gasteiger partial charge in [0.05, 0.1) is 95.2 Å². The van der Waals surface area contributed by atoms with Gasteiger partial charge in [0.2, 0.25) is 0 Å². The molecule has 0 bridgehead atoms. The summed E-state index contributed by atoms with van der Waals surface area (Å²) in [5.74, 6) is 0.780. The highest BCUT2D eigenvalue weighted by molar-refractivity contribution is 7.13. The van der Waals surface area contributed by atoms with Gasteiger partial charge in [-0.05, 0) is 177 Å². The average Bonchev–Trinajstić information content (AvgIpc) is 1.76. The average molecular weight is 1870 g/mol. The van der Waals surface area contributed by atoms with Gasteiger partial charge in [-0.3, -0.25) is 38.9 Å². The molecule has 0 saturated carbocycles. The second-order valence-corrected chi connectivity index (χ2v) is 31.9. The van der Waals surface area contributed by atoms with Crippen molar-refractivity contribution in [3.8, 4) is 5.75 Å². The summed E-state index contributed by atoms with van der Waals surface area (Å²) < 4.78 is 23.4. The van der Waals surface area contributed by atoms with Gasteiger partial charge in [0.15, 0.2) is 5.76 Å². The van der Waals surface area contributed by atoms with E-state index in [0.717, 1.165) is 103 Å². The molecule has 19 rings (SSSR count). The highest BCUT2D eigenvalue weighted by Crippen LogP contribution is 2.25. The van der Waals surface area contributed by atoms with E-state index >= 15 is 0 Å². The molecule has 680 valence electrons. The number of rotatable bonds is 23. The molecule has 0 radical (unpaired) electrons. The quantitative estimate of drug-likeness (QED) is 0.0424. The number of carbonyl (C=O) groups excluding carboxylic acids is 6. The summed E-state index contributed by atoms with van der Waals surface area (Å²) in [5, 5.41) is 42.0. The number of morpholine rings is 1. The molecular formula is C108H88ClN15O11S2. The zero-order valence-corrected chi connectivity index (χ0v) is 76.2. The molecule has 1 aliphatic heterocycles. The molecule has 18 aromatic rings. The lowest BCUT2D eigenvalue weighted by molar-refractivity contribution is -0.380. The number of anilines is 1. The first-order valence-electron chi connectivity index (χ1n) is 43.0. The minimum absolute atomic E-state index is 0.0651. The molecule has 0 N–H and O–H groups in total. The summed E-state index contributed by atoms with van der Waals surface area (Å²) in [6, 6.07) is 95.0. The molecule has 11 heterocycles. The minimum atomic E-state index is -0.515. The molecule has 1 saturated heterocycles. The number of benzene rings is 8. The van der Waals surface area contributed by atoms with Crippen LogP contribution in [-0.4, -0.2) is 137 Å². The Morgan fingerprint density at radius 1 is 0.394 bits per heavy atom. The van der Waals surface area contributed by atoms with Gasteiger partial charge in [-0.25, -0.2) is 33.1 Å². The molecule has 0 amide bonds. The maximum Gasteiger partial charge on any atom is 0.324 e. The van der Waals surface area contributed by atoms with Crippen molar-refractivity contribution >= 4 is 153 Å². The third-order valence-electron chi connectivity index (χ3n) is 20.1. The number of aromatic nitrogens is 13. The van der Waals surface area contributed by atoms with Crippen molar-refractivity contribution in [3.05, 3.63) is 485 Å². The number of pyridine rings is 1. The fourth-order valence-electron chi connectivity index (χ4n) is 12.9. The first kappa shape index (κ1) is 95.6. The zero-order chi connectivity index (χ0) is 95.1. The van der Waals surface area contributed by atoms with Crippen LogP contribution in [-0.2, 0) is 17.6 Å². The maximum absolute atomic E-state index is 12.6. The number of carbonyl (C=O) groups is 6. The molecular weight excluding hydrogens is 1780 g/mol. The molecule has 8 aromatic carbocycles. The van der Waals surface area contributed by atoms with Crippen LogP contribution in [0.2, 0.25) is 5.02 Å². The molecule has 0 spiro atoms. The van der Waals surface area contributed by atoms with Crippen molar-refractivity contribution in [2.45, 2.75) is 12.8 Å². The summed E-state index contributed by atoms with van der Waals surface area (Å²) in [4.78, 5) is 90.2. The maximum atomic E-state index is 12.6. The first-order valence-corrected chi connectivity index (χ1v) is 45.2. The third-order valence-corrected chi connectivity index (χ3v) is 21.9. The monoisotopic (exact) mass is 1870 g/mol. The highest BCUT2D eigenvalue weighted by atomic mass is 35.5. The highest BCUT2D eigenvalue weighted by Gasteiger charge is 2.20. The number of nitrogens with zero attached hydrogens (tertiary/aromatic N) is 15. The number of hydrogen-bond acceptors (Lipinski definition) is 21. The summed E-state index contributed by atoms with van der Waals surface area (Å²) in [7, 11) is 1.62. The van der Waals surface area contributed by atoms with Gasteiger partial charge < -0.3 is 18.8 Å². The van der Waals surface area contributed by atoms with Gasteiger partial charge in [-0.15, -0.1) is 0 Å². The van der Waals surface area contributed by atoms with Crippen LogP contribution in [0.5, 0.6) is 5.75 Å². The molecule has 137 heavy (non-hydrogen) atoms. The fraction of sp³-hybridized carbons (Fsp3) is 0.0648. The summed E-state index contributed by atoms with van der Waals surface area (Å²) in [6.45, 7) is 3.04. The zero-order valence-electron chi connectivity index (χ0n) is 73.8. The lowest BCUT2D eigenvalue weighted by Crippen LogP contribution is -2.36. The van der Waals surface area contributed by atoms with Crippen molar-refractivity contribution in [2.24, 2.45) is 0 Å². The van der Waals surface area contributed by atoms with Gasteiger partial charge in [-0.1, -0.05) is 266 Å². The van der Waals surface area contributed by atoms with Gasteiger partial charge in [0.1, 0.15) is 11.6 Å². The lowest BCUT2D eigenvalue weighted by atomic mass is 10.1. The second kappa shape index (κ2) is 49.7. The largest absolute Gasteiger partial charge is 0.497 e. The minimum Gasteiger partial charge on any atom is -0.497 e. The fourth-order valence-corrected chi connectivity index (χ4v) is 14.4. The topological polar surface area (TPSA) is 300 Å². The predicted molar refractivity (Wildman–Crippen MR) is 539 cm³/mol. The van der Waals surface area contributed by atoms with E-state index < -0.39 is 10.8 Å². The first-order chi connectivity index (χ1) is 67.0. The normalized spacial score (nSPS) is 11.7. The SMILES string of the molecule is COc1ccc(CC(=O)n2ccc(/C=C/c3ccccc3)n2)cc1.O=C(Cc1ccc(Cl)cc1)n1ccc(/C=C/c2ccccc2)n1.O=C(c1ccc(N2CCOCC2)nc1)n1ccc(/C=C/c2ccccc2)n1.O=C(c1ccco1)n1ccc(/C=C/c2ccccc2)n1.O=C(c1ccsc1)n1ccc(/C=C/c2ccccc2)n1.O=C(c1csc([N+](=O)[O-])c1)n1ccc(/C=C/c2ccccc2)n1. The molecule has 0 unspecified atom stereocenters. The van der Waals surface area contributed by atoms with E-state index in [0.29, 0.717) is 53.6 Å². The Labute approximate surface area is 801 Å². The molecule has 0 atom stereocenters. The number of hydrogen-bond donors (Lipinski definition) is 0. The molecule has 1 fully saturated rings. The van der Waals surface area contributed by atoms with Crippen LogP contribution < -0.4 is 9.64 Å². The van der Waals surface area contributed by atoms with E-state index in [1.165, 1.54) is 63.3 Å². The van der Waals surface area contributed by atoms with Gasteiger partial charge in [0.25, 0.3) is 29.5 Å². The van der Waals surface area contributed by atoms with Crippen molar-refractivity contribution in [1.29, 1.82) is 0 Å². The predicted octanol–water partition coefficient (Wildman–Crippen LogP) is 22.4. The van der Waals surface area contributed by atoms with Crippen LogP contribution in [0.15, 0.2) is 374 Å². The van der Waals surface area contributed by atoms with Gasteiger partial charge in [-0.2, -0.15) is 41.9 Å². The van der Waals surface area contributed by atoms with Crippen molar-refractivity contribution in [1.82, 2.24) is 63.7 Å². The van der Waals surface area contributed by atoms with Gasteiger partial charge >= 0.3 is 10.9 Å². The Morgan fingerprint density at radius 2 is 0.752 bits per heavy atom. The molecule has 10 aromatic heterocycles. The summed E-state index contributed by atoms with van der Waals surface area (Å²) >= 11 is 8.26. The van der Waals surface area contributed by atoms with Crippen LogP contribution >= 0.6 is 34.3 Å². The molecule has 26 nitrogen and oxygen atoms in total. The van der Waals surface area contributed by atoms with Crippen LogP contribution in [0.3, 0.4) is 0 Å². The van der Waals surface area contributed by atoms with E-state index in [-0.39, 0.29) is 45.9 Å². The molecule has 29 heteroatoms. The Morgan fingerprint density at radius 3 is 1.09 bits per heavy atom. The van der Waals surface area contributed by atoms with E-state index in [2.05, 4.69) is 40.5 Å². The number of furan rings is 1. The molecule has 1 aliphatic rings. The number of nitro groups is 1. The van der Waals surface area contributed by atoms with Crippen LogP contribution in [0.25, 0.3) is 72.9 Å². The summed E-state index contributed by atoms with van der Waals surface area (Å²) in [6.07, 6.45) is 36.5. The Kier molecular flexibility index (Phi) is 34.7. The Bertz CT molecular complexity index is 6990. The third kappa shape index (κ3) is 29.5. The van der Waals surface area contributed by atoms with Gasteiger partial charge in [0, 0.05) is 78.3 Å². The van der Waals surface area contributed by atoms with E-state index in [9.17, 15) is 38.9 Å². The van der Waals surface area contributed by atoms with Crippen molar-refractivity contribution in [3.63, 3.8) is 0 Å². The number of methoxy groups -OCH3 is 1. The smallest absolute Gasteiger partial charge is 0.324 e. The Balaban J connectivity index is 0.000000132. The molecule has 0 aliphatic carbocycles. The van der Waals surface area contributed by atoms with Crippen LogP contribution in [0.4, 0.5) is 10.8 Å². The lowest BCUT2D eigenvalue weighted by Gasteiger charge is -2.27. The van der Waals surface area contributed by atoms with E-state index in [4.69, 9.17) is 25.5 Å². The number of halogens is 1. The summed E-state index contributed by atoms with van der Waals surface area (Å²) in [5.41, 5.74) is 14.1. The van der Waals surface area contributed by atoms with Crippen LogP contribution in [0.1, 0.15) is 130 Å². The van der Waals surface area contributed by atoms with Crippen molar-refractivity contribution < 1.29 is 47.6 Å². The number of ether oxygens (including phenoxy) is 2. The number of thiophene rings is 2. The standard InChI is InChI=1S/C21H20N4O2.C20H18N2O2.C19H15ClN2O.C16H11N3O3S.C16H12N2O2.C16H12N2OS/c26-21(18-7-9-20(22-16-18)24-12-14-27-15-13-24)25-11-10-19(23-25)8-6-17-4-2-1-3-5-17;1-24-19-11-8-17(9-12-19)15-20(23)22-14-13-18(21-22)10-7-16-5-3-2-4-6-16;20-17-9-6-16(7-10-17)14-19(23)22-13-12-18(21-22)11-8-15-4-2-1-3-5-15;20-16(13-10-15(19(21)22)23-11-13)18-9-8-14(17-18)7-6-12-4-2-1-3-5-12;19-16(15-7-4-12-20-15)18-11-10-14(17-18)9-8-13-5-2-1-3-6-13;19-16(14-9-11-20-12-14)18-10-8-15(17-18)7-6-13-4-2-1-3-5-13/h1-11,16H,12-15H2;2-14H,15H2,1H3;1-13H,14H2;1-11H;2*1-12H/b8-6+;10-7+;11-8+;7-6+;9-8+;7-6+. The van der Waals surface area contributed by atoms with Crippen LogP contribution in [0, 0.1) is 10.1 Å². The Hall–Kier alpha value is -17.4.